The Bertz CT molecular complexity index is 831. The average molecular weight is 781 g/mol. The van der Waals surface area contributed by atoms with Gasteiger partial charge in [0.1, 0.15) is 6.10 Å². The molecule has 0 amide bonds. The first kappa shape index (κ1) is 53.5. The summed E-state index contributed by atoms with van der Waals surface area (Å²) in [6.45, 7) is 8.99. The zero-order valence-electron chi connectivity index (χ0n) is 37.1. The van der Waals surface area contributed by atoms with Crippen LogP contribution >= 0.6 is 0 Å². The van der Waals surface area contributed by atoms with Crippen LogP contribution < -0.4 is 0 Å². The number of rotatable bonds is 45. The summed E-state index contributed by atoms with van der Waals surface area (Å²) in [5.74, 6) is -1.22. The quantitative estimate of drug-likeness (QED) is 0.0263. The van der Waals surface area contributed by atoms with E-state index in [9.17, 15) is 14.4 Å². The molecule has 0 spiro atoms. The highest BCUT2D eigenvalue weighted by Crippen LogP contribution is 2.16. The molecule has 0 aliphatic heterocycles. The lowest BCUT2D eigenvalue weighted by molar-refractivity contribution is -0.336. The van der Waals surface area contributed by atoms with Gasteiger partial charge in [0.05, 0.1) is 19.6 Å². The third-order valence-electron chi connectivity index (χ3n) is 10.9. The number of ketones is 1. The van der Waals surface area contributed by atoms with Crippen LogP contribution in [0.5, 0.6) is 0 Å². The van der Waals surface area contributed by atoms with E-state index >= 15 is 0 Å². The molecule has 0 N–H and O–H groups in total. The van der Waals surface area contributed by atoms with Gasteiger partial charge in [-0.05, 0) is 26.2 Å². The molecule has 0 saturated heterocycles. The van der Waals surface area contributed by atoms with Crippen LogP contribution in [0.25, 0.3) is 0 Å². The summed E-state index contributed by atoms with van der Waals surface area (Å²) in [5.41, 5.74) is 0. The lowest BCUT2D eigenvalue weighted by Crippen LogP contribution is -2.33. The molecule has 7 nitrogen and oxygen atoms in total. The minimum atomic E-state index is -1.26. The van der Waals surface area contributed by atoms with Gasteiger partial charge in [0.25, 0.3) is 0 Å². The fraction of sp³-hybridized carbons (Fsp3) is 0.938. The normalized spacial score (nSPS) is 12.5. The van der Waals surface area contributed by atoms with Gasteiger partial charge in [-0.25, -0.2) is 14.6 Å². The molecule has 0 aromatic rings. The first-order valence-corrected chi connectivity index (χ1v) is 24.1. The third kappa shape index (κ3) is 39.2. The molecule has 7 heteroatoms. The number of Topliss-reactive ketones (excluding diaryl/α,β-unsaturated/α-hetero) is 1. The molecular formula is C48H92O7. The summed E-state index contributed by atoms with van der Waals surface area (Å²) < 4.78 is 11.0. The summed E-state index contributed by atoms with van der Waals surface area (Å²) in [4.78, 5) is 49.3. The standard InChI is InChI=1S/C48H92O7/c1-5-8-11-14-17-20-23-24-25-26-27-28-31-34-37-40-45(49)44(4)54-55-46(48(51)53-42-39-36-33-30-22-19-16-13-10-7-3)43-47(50)52-41-38-35-32-29-21-18-15-12-9-6-2/h44,46H,5-43H2,1-4H3. The molecule has 0 heterocycles. The van der Waals surface area contributed by atoms with Gasteiger partial charge >= 0.3 is 11.9 Å². The van der Waals surface area contributed by atoms with Gasteiger partial charge in [-0.15, -0.1) is 0 Å². The van der Waals surface area contributed by atoms with E-state index in [1.165, 1.54) is 167 Å². The molecule has 0 bridgehead atoms. The molecule has 326 valence electrons. The van der Waals surface area contributed by atoms with Gasteiger partial charge in [0.2, 0.25) is 6.10 Å². The van der Waals surface area contributed by atoms with Crippen LogP contribution in [0.2, 0.25) is 0 Å². The predicted octanol–water partition coefficient (Wildman–Crippen LogP) is 14.8. The smallest absolute Gasteiger partial charge is 0.339 e. The van der Waals surface area contributed by atoms with E-state index in [0.29, 0.717) is 13.0 Å². The maximum Gasteiger partial charge on any atom is 0.339 e. The second kappa shape index (κ2) is 43.6. The fourth-order valence-electron chi connectivity index (χ4n) is 7.08. The third-order valence-corrected chi connectivity index (χ3v) is 10.9. The molecule has 0 aliphatic rings. The van der Waals surface area contributed by atoms with Crippen molar-refractivity contribution in [3.8, 4) is 0 Å². The Morgan fingerprint density at radius 3 is 1.05 bits per heavy atom. The zero-order chi connectivity index (χ0) is 40.3. The largest absolute Gasteiger partial charge is 0.466 e. The van der Waals surface area contributed by atoms with Crippen LogP contribution in [0.1, 0.15) is 265 Å². The predicted molar refractivity (Wildman–Crippen MR) is 230 cm³/mol. The maximum atomic E-state index is 13.0. The van der Waals surface area contributed by atoms with Gasteiger partial charge in [0, 0.05) is 6.42 Å². The molecule has 0 rings (SSSR count). The highest BCUT2D eigenvalue weighted by molar-refractivity contribution is 5.83. The number of carbonyl (C=O) groups excluding carboxylic acids is 3. The Labute approximate surface area is 341 Å². The van der Waals surface area contributed by atoms with E-state index in [0.717, 1.165) is 57.8 Å². The molecule has 2 atom stereocenters. The monoisotopic (exact) mass is 781 g/mol. The molecule has 55 heavy (non-hydrogen) atoms. The summed E-state index contributed by atoms with van der Waals surface area (Å²) in [6, 6.07) is 0. The van der Waals surface area contributed by atoms with Crippen LogP contribution in [0, 0.1) is 0 Å². The molecule has 0 fully saturated rings. The van der Waals surface area contributed by atoms with E-state index in [1.807, 2.05) is 0 Å². The van der Waals surface area contributed by atoms with E-state index in [-0.39, 0.29) is 18.8 Å². The Hall–Kier alpha value is -1.47. The van der Waals surface area contributed by atoms with Crippen molar-refractivity contribution in [1.82, 2.24) is 0 Å². The van der Waals surface area contributed by atoms with Crippen LogP contribution in [-0.2, 0) is 33.6 Å². The van der Waals surface area contributed by atoms with Crippen LogP contribution in [0.15, 0.2) is 0 Å². The summed E-state index contributed by atoms with van der Waals surface area (Å²) in [5, 5.41) is 0. The molecule has 0 aromatic heterocycles. The number of carbonyl (C=O) groups is 3. The highest BCUT2D eigenvalue weighted by atomic mass is 17.2. The minimum absolute atomic E-state index is 0.0595. The van der Waals surface area contributed by atoms with Crippen LogP contribution in [0.4, 0.5) is 0 Å². The second-order valence-electron chi connectivity index (χ2n) is 16.4. The van der Waals surface area contributed by atoms with E-state index < -0.39 is 24.1 Å². The Balaban J connectivity index is 4.39. The average Bonchev–Trinajstić information content (AvgIpc) is 3.18. The lowest BCUT2D eigenvalue weighted by atomic mass is 10.0. The maximum absolute atomic E-state index is 13.0. The lowest BCUT2D eigenvalue weighted by Gasteiger charge is -2.18. The zero-order valence-corrected chi connectivity index (χ0v) is 37.1. The molecule has 0 radical (unpaired) electrons. The molecular weight excluding hydrogens is 689 g/mol. The Kier molecular flexibility index (Phi) is 42.5. The molecule has 2 unspecified atom stereocenters. The molecule has 0 saturated carbocycles. The van der Waals surface area contributed by atoms with Crippen molar-refractivity contribution in [2.24, 2.45) is 0 Å². The molecule has 0 aromatic carbocycles. The highest BCUT2D eigenvalue weighted by Gasteiger charge is 2.28. The summed E-state index contributed by atoms with van der Waals surface area (Å²) in [7, 11) is 0. The van der Waals surface area contributed by atoms with Crippen molar-refractivity contribution in [3.63, 3.8) is 0 Å². The van der Waals surface area contributed by atoms with E-state index in [4.69, 9.17) is 19.2 Å². The number of hydrogen-bond donors (Lipinski definition) is 0. The second-order valence-corrected chi connectivity index (χ2v) is 16.4. The van der Waals surface area contributed by atoms with E-state index in [1.54, 1.807) is 6.92 Å². The molecule has 0 aliphatic carbocycles. The number of esters is 2. The van der Waals surface area contributed by atoms with Crippen molar-refractivity contribution in [2.45, 2.75) is 277 Å². The van der Waals surface area contributed by atoms with Crippen molar-refractivity contribution in [2.75, 3.05) is 13.2 Å². The number of ether oxygens (including phenoxy) is 2. The Morgan fingerprint density at radius 2 is 0.691 bits per heavy atom. The summed E-state index contributed by atoms with van der Waals surface area (Å²) in [6.07, 6.45) is 41.1. The van der Waals surface area contributed by atoms with Crippen LogP contribution in [0.3, 0.4) is 0 Å². The van der Waals surface area contributed by atoms with Crippen molar-refractivity contribution >= 4 is 17.7 Å². The minimum Gasteiger partial charge on any atom is -0.466 e. The van der Waals surface area contributed by atoms with Crippen molar-refractivity contribution < 1.29 is 33.6 Å². The first-order valence-electron chi connectivity index (χ1n) is 24.1. The van der Waals surface area contributed by atoms with Gasteiger partial charge in [-0.2, -0.15) is 0 Å². The number of unbranched alkanes of at least 4 members (excludes halogenated alkanes) is 32. The van der Waals surface area contributed by atoms with Crippen molar-refractivity contribution in [3.05, 3.63) is 0 Å². The first-order chi connectivity index (χ1) is 27.0. The van der Waals surface area contributed by atoms with Gasteiger partial charge in [-0.1, -0.05) is 226 Å². The summed E-state index contributed by atoms with van der Waals surface area (Å²) >= 11 is 0. The SMILES string of the molecule is CCCCCCCCCCCCCCCCCC(=O)C(C)OOC(CC(=O)OCCCCCCCCCCCC)C(=O)OCCCCCCCCCCCC. The fourth-order valence-corrected chi connectivity index (χ4v) is 7.08. The van der Waals surface area contributed by atoms with Gasteiger partial charge < -0.3 is 9.47 Å². The van der Waals surface area contributed by atoms with Gasteiger partial charge in [-0.3, -0.25) is 9.59 Å². The van der Waals surface area contributed by atoms with E-state index in [2.05, 4.69) is 20.8 Å². The topological polar surface area (TPSA) is 88.1 Å². The van der Waals surface area contributed by atoms with Crippen molar-refractivity contribution in [1.29, 1.82) is 0 Å². The number of hydrogen-bond acceptors (Lipinski definition) is 7. The Morgan fingerprint density at radius 1 is 0.382 bits per heavy atom. The van der Waals surface area contributed by atoms with Gasteiger partial charge in [0.15, 0.2) is 5.78 Å². The van der Waals surface area contributed by atoms with Crippen LogP contribution in [-0.4, -0.2) is 43.1 Å².